The van der Waals surface area contributed by atoms with Gasteiger partial charge in [-0.2, -0.15) is 5.10 Å². The maximum Gasteiger partial charge on any atom is 0.276 e. The topological polar surface area (TPSA) is 83.9 Å². The molecule has 0 aliphatic carbocycles. The van der Waals surface area contributed by atoms with Crippen molar-refractivity contribution in [2.45, 2.75) is 37.9 Å². The third-order valence-corrected chi connectivity index (χ3v) is 6.97. The van der Waals surface area contributed by atoms with Gasteiger partial charge < -0.3 is 16.0 Å². The van der Waals surface area contributed by atoms with Crippen LogP contribution < -0.4 is 16.0 Å². The van der Waals surface area contributed by atoms with Gasteiger partial charge in [0.1, 0.15) is 0 Å². The summed E-state index contributed by atoms with van der Waals surface area (Å²) < 4.78 is 2.88. The Hall–Kier alpha value is -3.07. The fourth-order valence-electron chi connectivity index (χ4n) is 4.48. The zero-order chi connectivity index (χ0) is 22.8. The van der Waals surface area contributed by atoms with E-state index in [4.69, 9.17) is 0 Å². The van der Waals surface area contributed by atoms with Crippen molar-refractivity contribution in [1.29, 1.82) is 0 Å². The van der Waals surface area contributed by atoms with Gasteiger partial charge in [0, 0.05) is 43.6 Å². The zero-order valence-corrected chi connectivity index (χ0v) is 19.6. The number of aromatic nitrogens is 3. The van der Waals surface area contributed by atoms with E-state index < -0.39 is 0 Å². The predicted molar refractivity (Wildman–Crippen MR) is 133 cm³/mol. The van der Waals surface area contributed by atoms with Gasteiger partial charge in [-0.3, -0.25) is 9.48 Å². The quantitative estimate of drug-likeness (QED) is 0.390. The molecule has 5 rings (SSSR count). The lowest BCUT2D eigenvalue weighted by molar-refractivity contribution is 0.102. The van der Waals surface area contributed by atoms with Crippen molar-refractivity contribution in [2.75, 3.05) is 11.9 Å². The van der Waals surface area contributed by atoms with Crippen LogP contribution in [-0.4, -0.2) is 39.3 Å². The van der Waals surface area contributed by atoms with Gasteiger partial charge in [-0.1, -0.05) is 18.2 Å². The molecule has 1 aliphatic rings. The van der Waals surface area contributed by atoms with E-state index in [0.29, 0.717) is 17.8 Å². The molecule has 170 valence electrons. The fraction of sp³-hybridized carbons (Fsp3) is 0.320. The molecular formula is C25H28N6OS. The summed E-state index contributed by atoms with van der Waals surface area (Å²) in [7, 11) is 1.80. The van der Waals surface area contributed by atoms with Gasteiger partial charge in [0.15, 0.2) is 5.69 Å². The average Bonchev–Trinajstić information content (AvgIpc) is 3.55. The van der Waals surface area contributed by atoms with Crippen LogP contribution in [0.5, 0.6) is 0 Å². The van der Waals surface area contributed by atoms with Crippen molar-refractivity contribution < 1.29 is 4.79 Å². The van der Waals surface area contributed by atoms with Crippen LogP contribution in [0.4, 0.5) is 5.69 Å². The highest BCUT2D eigenvalue weighted by Crippen LogP contribution is 2.23. The Morgan fingerprint density at radius 3 is 3.03 bits per heavy atom. The van der Waals surface area contributed by atoms with Crippen LogP contribution in [-0.2, 0) is 13.5 Å². The summed E-state index contributed by atoms with van der Waals surface area (Å²) in [6, 6.07) is 17.3. The molecule has 2 aromatic heterocycles. The van der Waals surface area contributed by atoms with Gasteiger partial charge in [0.2, 0.25) is 0 Å². The summed E-state index contributed by atoms with van der Waals surface area (Å²) in [6.07, 6.45) is 3.87. The molecule has 0 bridgehead atoms. The molecule has 0 spiro atoms. The average molecular weight is 461 g/mol. The SMILES string of the molecule is CC(NC1CNC(Cc2ccc3ncsc3c2)C1)c1cccc(NC(=O)c2ccn(C)n2)c1. The standard InChI is InChI=1S/C25H28N6OS/c1-16(18-4-3-5-19(12-18)29-25(32)23-8-9-31(2)30-23)28-21-13-20(26-14-21)10-17-6-7-22-24(11-17)33-15-27-22/h3-9,11-12,15-16,20-21,26,28H,10,13-14H2,1-2H3,(H,29,32). The van der Waals surface area contributed by atoms with E-state index in [9.17, 15) is 4.79 Å². The van der Waals surface area contributed by atoms with E-state index >= 15 is 0 Å². The first-order valence-electron chi connectivity index (χ1n) is 11.3. The highest BCUT2D eigenvalue weighted by Gasteiger charge is 2.25. The largest absolute Gasteiger partial charge is 0.321 e. The second kappa shape index (κ2) is 9.43. The molecule has 2 aromatic carbocycles. The number of aryl methyl sites for hydroxylation is 1. The number of nitrogens with zero attached hydrogens (tertiary/aromatic N) is 3. The number of carbonyl (C=O) groups is 1. The predicted octanol–water partition coefficient (Wildman–Crippen LogP) is 3.91. The zero-order valence-electron chi connectivity index (χ0n) is 18.8. The number of hydrogen-bond donors (Lipinski definition) is 3. The minimum absolute atomic E-state index is 0.177. The second-order valence-corrected chi connectivity index (χ2v) is 9.63. The lowest BCUT2D eigenvalue weighted by Crippen LogP contribution is -2.33. The molecule has 4 aromatic rings. The summed E-state index contributed by atoms with van der Waals surface area (Å²) in [5.41, 5.74) is 6.67. The van der Waals surface area contributed by atoms with Crippen molar-refractivity contribution in [2.24, 2.45) is 7.05 Å². The number of anilines is 1. The number of rotatable bonds is 7. The smallest absolute Gasteiger partial charge is 0.276 e. The van der Waals surface area contributed by atoms with Crippen molar-refractivity contribution >= 4 is 33.1 Å². The Kier molecular flexibility index (Phi) is 6.22. The maximum absolute atomic E-state index is 12.4. The summed E-state index contributed by atoms with van der Waals surface area (Å²) in [5, 5.41) is 14.5. The Bertz CT molecular complexity index is 1260. The molecule has 3 heterocycles. The maximum atomic E-state index is 12.4. The number of fused-ring (bicyclic) bond motifs is 1. The monoisotopic (exact) mass is 460 g/mol. The minimum atomic E-state index is -0.201. The number of amides is 1. The Balaban J connectivity index is 1.16. The van der Waals surface area contributed by atoms with E-state index in [0.717, 1.165) is 36.2 Å². The van der Waals surface area contributed by atoms with Gasteiger partial charge in [0.25, 0.3) is 5.91 Å². The molecule has 1 saturated heterocycles. The van der Waals surface area contributed by atoms with E-state index in [1.807, 2.05) is 23.7 Å². The van der Waals surface area contributed by atoms with Crippen LogP contribution in [0.2, 0.25) is 0 Å². The highest BCUT2D eigenvalue weighted by atomic mass is 32.1. The molecule has 0 saturated carbocycles. The first kappa shape index (κ1) is 21.8. The summed E-state index contributed by atoms with van der Waals surface area (Å²) in [6.45, 7) is 3.12. The van der Waals surface area contributed by atoms with Crippen LogP contribution in [0, 0.1) is 0 Å². The molecule has 0 radical (unpaired) electrons. The first-order valence-corrected chi connectivity index (χ1v) is 12.1. The third-order valence-electron chi connectivity index (χ3n) is 6.18. The fourth-order valence-corrected chi connectivity index (χ4v) is 5.22. The van der Waals surface area contributed by atoms with Crippen LogP contribution in [0.1, 0.15) is 41.0 Å². The number of benzene rings is 2. The van der Waals surface area contributed by atoms with Crippen LogP contribution in [0.25, 0.3) is 10.2 Å². The summed E-state index contributed by atoms with van der Waals surface area (Å²) >= 11 is 1.70. The first-order chi connectivity index (χ1) is 16.0. The van der Waals surface area contributed by atoms with Gasteiger partial charge in [-0.25, -0.2) is 4.98 Å². The molecule has 3 atom stereocenters. The molecule has 1 amide bonds. The Morgan fingerprint density at radius 2 is 2.18 bits per heavy atom. The minimum Gasteiger partial charge on any atom is -0.321 e. The van der Waals surface area contributed by atoms with Crippen molar-refractivity contribution in [3.05, 3.63) is 77.1 Å². The van der Waals surface area contributed by atoms with Crippen molar-refractivity contribution in [3.8, 4) is 0 Å². The van der Waals surface area contributed by atoms with Crippen molar-refractivity contribution in [1.82, 2.24) is 25.4 Å². The van der Waals surface area contributed by atoms with Crippen LogP contribution in [0.15, 0.2) is 60.2 Å². The number of hydrogen-bond acceptors (Lipinski definition) is 6. The van der Waals surface area contributed by atoms with Crippen LogP contribution >= 0.6 is 11.3 Å². The molecule has 1 aliphatic heterocycles. The normalized spacial score (nSPS) is 19.1. The molecule has 1 fully saturated rings. The lowest BCUT2D eigenvalue weighted by Gasteiger charge is -2.20. The van der Waals surface area contributed by atoms with E-state index in [2.05, 4.69) is 57.2 Å². The van der Waals surface area contributed by atoms with Gasteiger partial charge in [-0.05, 0) is 61.2 Å². The third kappa shape index (κ3) is 5.13. The van der Waals surface area contributed by atoms with Gasteiger partial charge in [-0.15, -0.1) is 11.3 Å². The van der Waals surface area contributed by atoms with E-state index in [-0.39, 0.29) is 11.9 Å². The molecule has 3 N–H and O–H groups in total. The molecule has 3 unspecified atom stereocenters. The highest BCUT2D eigenvalue weighted by molar-refractivity contribution is 7.16. The van der Waals surface area contributed by atoms with E-state index in [1.165, 1.54) is 10.3 Å². The summed E-state index contributed by atoms with van der Waals surface area (Å²) in [4.78, 5) is 16.8. The van der Waals surface area contributed by atoms with Gasteiger partial charge in [0.05, 0.1) is 15.7 Å². The number of nitrogens with one attached hydrogen (secondary N) is 3. The van der Waals surface area contributed by atoms with Gasteiger partial charge >= 0.3 is 0 Å². The Morgan fingerprint density at radius 1 is 1.27 bits per heavy atom. The van der Waals surface area contributed by atoms with Crippen LogP contribution in [0.3, 0.4) is 0 Å². The lowest BCUT2D eigenvalue weighted by atomic mass is 10.0. The number of thiazole rings is 1. The molecule has 33 heavy (non-hydrogen) atoms. The molecule has 7 nitrogen and oxygen atoms in total. The number of carbonyl (C=O) groups excluding carboxylic acids is 1. The van der Waals surface area contributed by atoms with E-state index in [1.54, 1.807) is 35.3 Å². The second-order valence-electron chi connectivity index (χ2n) is 8.74. The van der Waals surface area contributed by atoms with Crippen molar-refractivity contribution in [3.63, 3.8) is 0 Å². The molecular weight excluding hydrogens is 432 g/mol. The molecule has 8 heteroatoms. The Labute approximate surface area is 197 Å². The summed E-state index contributed by atoms with van der Waals surface area (Å²) in [5.74, 6) is -0.201.